The SMILES string of the molecule is O=C(Nc1ccc(Cl)cc1)c1ccc(NS(=O)(=O)c2ccc(F)c(F)c2)cc1. The van der Waals surface area contributed by atoms with Crippen LogP contribution in [0.1, 0.15) is 10.4 Å². The molecule has 3 aromatic carbocycles. The summed E-state index contributed by atoms with van der Waals surface area (Å²) in [7, 11) is -4.11. The second kappa shape index (κ2) is 7.95. The molecule has 0 aliphatic heterocycles. The van der Waals surface area contributed by atoms with E-state index in [2.05, 4.69) is 10.0 Å². The van der Waals surface area contributed by atoms with Crippen LogP contribution in [0.4, 0.5) is 20.2 Å². The standard InChI is InChI=1S/C19H13ClF2N2O3S/c20-13-3-7-14(8-4-13)23-19(25)12-1-5-15(6-2-12)24-28(26,27)16-9-10-17(21)18(22)11-16/h1-11,24H,(H,23,25). The Bertz CT molecular complexity index is 1120. The van der Waals surface area contributed by atoms with Gasteiger partial charge in [-0.25, -0.2) is 17.2 Å². The highest BCUT2D eigenvalue weighted by Gasteiger charge is 2.17. The summed E-state index contributed by atoms with van der Waals surface area (Å²) in [5.74, 6) is -2.80. The van der Waals surface area contributed by atoms with Crippen molar-refractivity contribution in [1.29, 1.82) is 0 Å². The fourth-order valence-electron chi connectivity index (χ4n) is 2.28. The molecule has 0 fully saturated rings. The lowest BCUT2D eigenvalue weighted by molar-refractivity contribution is 0.102. The smallest absolute Gasteiger partial charge is 0.261 e. The van der Waals surface area contributed by atoms with E-state index in [-0.39, 0.29) is 5.69 Å². The Kier molecular flexibility index (Phi) is 5.62. The number of nitrogens with one attached hydrogen (secondary N) is 2. The number of anilines is 2. The van der Waals surface area contributed by atoms with Crippen LogP contribution in [-0.2, 0) is 10.0 Å². The predicted molar refractivity (Wildman–Crippen MR) is 103 cm³/mol. The van der Waals surface area contributed by atoms with Crippen LogP contribution < -0.4 is 10.0 Å². The van der Waals surface area contributed by atoms with E-state index in [4.69, 9.17) is 11.6 Å². The van der Waals surface area contributed by atoms with E-state index < -0.39 is 32.5 Å². The summed E-state index contributed by atoms with van der Waals surface area (Å²) in [6.07, 6.45) is 0. The van der Waals surface area contributed by atoms with Crippen LogP contribution in [-0.4, -0.2) is 14.3 Å². The Balaban J connectivity index is 1.72. The number of sulfonamides is 1. The first-order chi connectivity index (χ1) is 13.2. The summed E-state index contributed by atoms with van der Waals surface area (Å²) < 4.78 is 53.0. The summed E-state index contributed by atoms with van der Waals surface area (Å²) >= 11 is 5.79. The zero-order valence-electron chi connectivity index (χ0n) is 14.1. The molecule has 3 aromatic rings. The van der Waals surface area contributed by atoms with E-state index in [1.807, 2.05) is 0 Å². The summed E-state index contributed by atoms with van der Waals surface area (Å²) in [5.41, 5.74) is 1.01. The maximum atomic E-state index is 13.3. The third kappa shape index (κ3) is 4.65. The molecule has 0 bridgehead atoms. The van der Waals surface area contributed by atoms with Crippen molar-refractivity contribution in [2.24, 2.45) is 0 Å². The maximum Gasteiger partial charge on any atom is 0.261 e. The molecule has 0 aliphatic carbocycles. The largest absolute Gasteiger partial charge is 0.322 e. The van der Waals surface area contributed by atoms with Gasteiger partial charge in [0, 0.05) is 22.0 Å². The molecule has 0 spiro atoms. The first-order valence-corrected chi connectivity index (χ1v) is 9.75. The van der Waals surface area contributed by atoms with Crippen LogP contribution >= 0.6 is 11.6 Å². The first kappa shape index (κ1) is 19.8. The van der Waals surface area contributed by atoms with E-state index >= 15 is 0 Å². The number of hydrogen-bond acceptors (Lipinski definition) is 3. The fraction of sp³-hybridized carbons (Fsp3) is 0. The van der Waals surface area contributed by atoms with Gasteiger partial charge in [0.15, 0.2) is 11.6 Å². The summed E-state index contributed by atoms with van der Waals surface area (Å²) in [4.78, 5) is 11.8. The van der Waals surface area contributed by atoms with E-state index in [0.29, 0.717) is 22.3 Å². The average Bonchev–Trinajstić information content (AvgIpc) is 2.66. The quantitative estimate of drug-likeness (QED) is 0.627. The monoisotopic (exact) mass is 422 g/mol. The Morgan fingerprint density at radius 3 is 2.04 bits per heavy atom. The lowest BCUT2D eigenvalue weighted by atomic mass is 10.2. The van der Waals surface area contributed by atoms with Crippen molar-refractivity contribution in [2.75, 3.05) is 10.0 Å². The molecule has 1 amide bonds. The van der Waals surface area contributed by atoms with Gasteiger partial charge in [0.2, 0.25) is 0 Å². The zero-order valence-corrected chi connectivity index (χ0v) is 15.7. The van der Waals surface area contributed by atoms with Gasteiger partial charge in [-0.1, -0.05) is 11.6 Å². The van der Waals surface area contributed by atoms with Crippen molar-refractivity contribution in [2.45, 2.75) is 4.90 Å². The Labute approximate surface area is 165 Å². The first-order valence-electron chi connectivity index (χ1n) is 7.89. The number of carbonyl (C=O) groups excluding carboxylic acids is 1. The van der Waals surface area contributed by atoms with Crippen LogP contribution in [0, 0.1) is 11.6 Å². The van der Waals surface area contributed by atoms with E-state index in [1.54, 1.807) is 24.3 Å². The highest BCUT2D eigenvalue weighted by atomic mass is 35.5. The second-order valence-corrected chi connectivity index (χ2v) is 7.84. The lowest BCUT2D eigenvalue weighted by Crippen LogP contribution is -2.14. The average molecular weight is 423 g/mol. The number of benzene rings is 3. The van der Waals surface area contributed by atoms with Crippen LogP contribution in [0.5, 0.6) is 0 Å². The molecule has 0 aliphatic rings. The van der Waals surface area contributed by atoms with Gasteiger partial charge in [0.1, 0.15) is 0 Å². The van der Waals surface area contributed by atoms with Gasteiger partial charge >= 0.3 is 0 Å². The van der Waals surface area contributed by atoms with E-state index in [1.165, 1.54) is 24.3 Å². The van der Waals surface area contributed by atoms with Crippen molar-refractivity contribution in [3.8, 4) is 0 Å². The Hall–Kier alpha value is -2.97. The second-order valence-electron chi connectivity index (χ2n) is 5.72. The molecule has 0 saturated carbocycles. The Morgan fingerprint density at radius 1 is 0.821 bits per heavy atom. The van der Waals surface area contributed by atoms with Crippen molar-refractivity contribution in [3.05, 3.63) is 89.0 Å². The molecule has 0 unspecified atom stereocenters. The molecule has 3 rings (SSSR count). The highest BCUT2D eigenvalue weighted by Crippen LogP contribution is 2.19. The van der Waals surface area contributed by atoms with Crippen LogP contribution in [0.3, 0.4) is 0 Å². The molecule has 0 saturated heterocycles. The summed E-state index contributed by atoms with van der Waals surface area (Å²) in [5, 5.41) is 3.21. The number of amides is 1. The Morgan fingerprint density at radius 2 is 1.43 bits per heavy atom. The lowest BCUT2D eigenvalue weighted by Gasteiger charge is -2.10. The normalized spacial score (nSPS) is 11.1. The minimum absolute atomic E-state index is 0.160. The highest BCUT2D eigenvalue weighted by molar-refractivity contribution is 7.92. The number of rotatable bonds is 5. The summed E-state index contributed by atoms with van der Waals surface area (Å²) in [6.45, 7) is 0. The number of hydrogen-bond donors (Lipinski definition) is 2. The molecule has 0 aromatic heterocycles. The fourth-order valence-corrected chi connectivity index (χ4v) is 3.48. The van der Waals surface area contributed by atoms with Gasteiger partial charge in [0.05, 0.1) is 4.90 Å². The molecule has 5 nitrogen and oxygen atoms in total. The van der Waals surface area contributed by atoms with Crippen molar-refractivity contribution in [1.82, 2.24) is 0 Å². The van der Waals surface area contributed by atoms with Crippen LogP contribution in [0.2, 0.25) is 5.02 Å². The molecular formula is C19H13ClF2N2O3S. The van der Waals surface area contributed by atoms with Gasteiger partial charge < -0.3 is 5.32 Å². The number of halogens is 3. The van der Waals surface area contributed by atoms with E-state index in [0.717, 1.165) is 12.1 Å². The van der Waals surface area contributed by atoms with E-state index in [9.17, 15) is 22.0 Å². The minimum Gasteiger partial charge on any atom is -0.322 e. The third-order valence-corrected chi connectivity index (χ3v) is 5.33. The van der Waals surface area contributed by atoms with Gasteiger partial charge in [-0.2, -0.15) is 0 Å². The topological polar surface area (TPSA) is 75.3 Å². The maximum absolute atomic E-state index is 13.3. The van der Waals surface area contributed by atoms with Crippen molar-refractivity contribution >= 4 is 38.9 Å². The predicted octanol–water partition coefficient (Wildman–Crippen LogP) is 4.67. The minimum atomic E-state index is -4.11. The number of carbonyl (C=O) groups is 1. The molecule has 144 valence electrons. The van der Waals surface area contributed by atoms with Crippen LogP contribution in [0.15, 0.2) is 71.6 Å². The molecule has 0 heterocycles. The zero-order chi connectivity index (χ0) is 20.3. The third-order valence-electron chi connectivity index (χ3n) is 3.70. The molecular weight excluding hydrogens is 410 g/mol. The van der Waals surface area contributed by atoms with Gasteiger partial charge in [-0.05, 0) is 66.7 Å². The van der Waals surface area contributed by atoms with Crippen molar-refractivity contribution in [3.63, 3.8) is 0 Å². The molecule has 2 N–H and O–H groups in total. The van der Waals surface area contributed by atoms with Crippen molar-refractivity contribution < 1.29 is 22.0 Å². The van der Waals surface area contributed by atoms with Gasteiger partial charge in [-0.3, -0.25) is 9.52 Å². The van der Waals surface area contributed by atoms with Gasteiger partial charge in [0.25, 0.3) is 15.9 Å². The van der Waals surface area contributed by atoms with Gasteiger partial charge in [-0.15, -0.1) is 0 Å². The summed E-state index contributed by atoms with van der Waals surface area (Å²) in [6, 6.07) is 14.4. The molecule has 28 heavy (non-hydrogen) atoms. The molecule has 0 atom stereocenters. The molecule has 0 radical (unpaired) electrons. The molecule has 9 heteroatoms. The van der Waals surface area contributed by atoms with Crippen LogP contribution in [0.25, 0.3) is 0 Å².